The van der Waals surface area contributed by atoms with Crippen LogP contribution in [-0.2, 0) is 6.54 Å². The molecule has 7 heteroatoms. The molecule has 1 aromatic carbocycles. The van der Waals surface area contributed by atoms with E-state index < -0.39 is 0 Å². The van der Waals surface area contributed by atoms with Crippen LogP contribution in [0.1, 0.15) is 24.2 Å². The highest BCUT2D eigenvalue weighted by atomic mass is 15.5. The van der Waals surface area contributed by atoms with E-state index in [-0.39, 0.29) is 0 Å². The van der Waals surface area contributed by atoms with E-state index >= 15 is 0 Å². The Morgan fingerprint density at radius 3 is 2.86 bits per heavy atom. The van der Waals surface area contributed by atoms with Crippen molar-refractivity contribution in [2.75, 3.05) is 20.1 Å². The monoisotopic (exact) mass is 297 g/mol. The lowest BCUT2D eigenvalue weighted by Gasteiger charge is -2.30. The lowest BCUT2D eigenvalue weighted by molar-refractivity contribution is 0.247. The third-order valence-electron chi connectivity index (χ3n) is 4.35. The van der Waals surface area contributed by atoms with Gasteiger partial charge in [0.1, 0.15) is 0 Å². The average Bonchev–Trinajstić information content (AvgIpc) is 2.93. The van der Waals surface area contributed by atoms with Crippen molar-refractivity contribution in [1.82, 2.24) is 30.4 Å². The van der Waals surface area contributed by atoms with E-state index in [9.17, 15) is 0 Å². The third kappa shape index (κ3) is 2.48. The van der Waals surface area contributed by atoms with Gasteiger partial charge in [-0.05, 0) is 55.0 Å². The van der Waals surface area contributed by atoms with E-state index in [1.54, 1.807) is 0 Å². The minimum atomic E-state index is 0.422. The zero-order valence-electron chi connectivity index (χ0n) is 12.6. The number of amidine groups is 1. The number of likely N-dealkylation sites (tertiary alicyclic amines) is 1. The Kier molecular flexibility index (Phi) is 3.34. The molecule has 0 radical (unpaired) electrons. The molecule has 7 nitrogen and oxygen atoms in total. The number of piperidine rings is 1. The van der Waals surface area contributed by atoms with Gasteiger partial charge in [0.05, 0.1) is 12.2 Å². The fourth-order valence-electron chi connectivity index (χ4n) is 3.01. The van der Waals surface area contributed by atoms with Crippen molar-refractivity contribution in [3.8, 4) is 0 Å². The van der Waals surface area contributed by atoms with Gasteiger partial charge in [-0.25, -0.2) is 9.67 Å². The average molecular weight is 297 g/mol. The predicted molar refractivity (Wildman–Crippen MR) is 83.2 cm³/mol. The van der Waals surface area contributed by atoms with Crippen LogP contribution in [0.3, 0.4) is 0 Å². The standard InChI is InChI=1S/C15H19N7/c1-21-8-6-12(7-9-21)16-14-15-18-19-20-22(15)10-11-4-2-3-5-13(11)17-14/h2-5,12H,6-10H2,1H3,(H,16,17). The normalized spacial score (nSPS) is 19.0. The van der Waals surface area contributed by atoms with Crippen molar-refractivity contribution in [3.05, 3.63) is 35.7 Å². The molecule has 0 aliphatic carbocycles. The Morgan fingerprint density at radius 2 is 2.00 bits per heavy atom. The summed E-state index contributed by atoms with van der Waals surface area (Å²) in [5.41, 5.74) is 2.11. The number of rotatable bonds is 1. The first kappa shape index (κ1) is 13.4. The zero-order chi connectivity index (χ0) is 14.9. The SMILES string of the molecule is CN1CCC(NC2=Nc3ccccc3Cn3nnnc32)CC1. The second-order valence-electron chi connectivity index (χ2n) is 5.97. The van der Waals surface area contributed by atoms with Gasteiger partial charge < -0.3 is 10.2 Å². The molecular weight excluding hydrogens is 278 g/mol. The fraction of sp³-hybridized carbons (Fsp3) is 0.467. The van der Waals surface area contributed by atoms with Crippen LogP contribution in [0, 0.1) is 0 Å². The number of para-hydroxylation sites is 1. The number of aromatic nitrogens is 4. The van der Waals surface area contributed by atoms with E-state index in [1.807, 2.05) is 22.9 Å². The molecule has 3 heterocycles. The Morgan fingerprint density at radius 1 is 1.18 bits per heavy atom. The van der Waals surface area contributed by atoms with E-state index in [1.165, 1.54) is 0 Å². The molecule has 1 fully saturated rings. The molecule has 2 aliphatic rings. The minimum Gasteiger partial charge on any atom is -0.364 e. The Balaban J connectivity index is 1.66. The summed E-state index contributed by atoms with van der Waals surface area (Å²) in [6.07, 6.45) is 2.22. The maximum absolute atomic E-state index is 4.79. The molecule has 0 spiro atoms. The molecule has 0 bridgehead atoms. The van der Waals surface area contributed by atoms with Gasteiger partial charge in [-0.2, -0.15) is 0 Å². The van der Waals surface area contributed by atoms with Crippen molar-refractivity contribution in [2.24, 2.45) is 4.99 Å². The third-order valence-corrected chi connectivity index (χ3v) is 4.35. The summed E-state index contributed by atoms with van der Waals surface area (Å²) in [4.78, 5) is 7.15. The van der Waals surface area contributed by atoms with Gasteiger partial charge in [-0.15, -0.1) is 5.10 Å². The summed E-state index contributed by atoms with van der Waals surface area (Å²) in [5, 5.41) is 15.6. The highest BCUT2D eigenvalue weighted by Crippen LogP contribution is 2.23. The Bertz CT molecular complexity index is 697. The highest BCUT2D eigenvalue weighted by molar-refractivity contribution is 5.98. The van der Waals surface area contributed by atoms with E-state index in [2.05, 4.69) is 38.9 Å². The number of fused-ring (bicyclic) bond motifs is 2. The number of nitrogens with zero attached hydrogens (tertiary/aromatic N) is 6. The van der Waals surface area contributed by atoms with E-state index in [0.717, 1.165) is 48.8 Å². The van der Waals surface area contributed by atoms with Crippen LogP contribution in [0.2, 0.25) is 0 Å². The van der Waals surface area contributed by atoms with Gasteiger partial charge in [0.15, 0.2) is 5.84 Å². The van der Waals surface area contributed by atoms with Crippen LogP contribution in [0.5, 0.6) is 0 Å². The summed E-state index contributed by atoms with van der Waals surface area (Å²) in [5.74, 6) is 1.50. The summed E-state index contributed by atoms with van der Waals surface area (Å²) in [6.45, 7) is 2.86. The predicted octanol–water partition coefficient (Wildman–Crippen LogP) is 0.797. The number of benzene rings is 1. The molecule has 114 valence electrons. The maximum Gasteiger partial charge on any atom is 0.217 e. The van der Waals surface area contributed by atoms with Crippen LogP contribution < -0.4 is 5.32 Å². The molecule has 0 atom stereocenters. The summed E-state index contributed by atoms with van der Waals surface area (Å²) in [6, 6.07) is 8.56. The van der Waals surface area contributed by atoms with Crippen molar-refractivity contribution < 1.29 is 0 Å². The first-order chi connectivity index (χ1) is 10.8. The van der Waals surface area contributed by atoms with Gasteiger partial charge in [-0.1, -0.05) is 18.2 Å². The van der Waals surface area contributed by atoms with E-state index in [4.69, 9.17) is 4.99 Å². The number of hydrogen-bond donors (Lipinski definition) is 1. The molecule has 1 aromatic heterocycles. The minimum absolute atomic E-state index is 0.422. The fourth-order valence-corrected chi connectivity index (χ4v) is 3.01. The first-order valence-electron chi connectivity index (χ1n) is 7.68. The smallest absolute Gasteiger partial charge is 0.217 e. The number of hydrogen-bond acceptors (Lipinski definition) is 6. The van der Waals surface area contributed by atoms with Gasteiger partial charge in [0, 0.05) is 6.04 Å². The van der Waals surface area contributed by atoms with Gasteiger partial charge >= 0.3 is 0 Å². The molecule has 22 heavy (non-hydrogen) atoms. The van der Waals surface area contributed by atoms with Crippen molar-refractivity contribution >= 4 is 11.5 Å². The summed E-state index contributed by atoms with van der Waals surface area (Å²) >= 11 is 0. The lowest BCUT2D eigenvalue weighted by atomic mass is 10.1. The second kappa shape index (κ2) is 5.49. The topological polar surface area (TPSA) is 71.2 Å². The molecule has 2 aliphatic heterocycles. The largest absolute Gasteiger partial charge is 0.364 e. The maximum atomic E-state index is 4.79. The quantitative estimate of drug-likeness (QED) is 0.843. The van der Waals surface area contributed by atoms with Crippen molar-refractivity contribution in [2.45, 2.75) is 25.4 Å². The molecule has 0 unspecified atom stereocenters. The first-order valence-corrected chi connectivity index (χ1v) is 7.68. The van der Waals surface area contributed by atoms with Crippen LogP contribution in [0.15, 0.2) is 29.3 Å². The highest BCUT2D eigenvalue weighted by Gasteiger charge is 2.23. The van der Waals surface area contributed by atoms with E-state index in [0.29, 0.717) is 12.6 Å². The lowest BCUT2D eigenvalue weighted by Crippen LogP contribution is -2.44. The number of aliphatic imine (C=N–C) groups is 1. The molecule has 0 amide bonds. The Hall–Kier alpha value is -2.28. The van der Waals surface area contributed by atoms with Crippen LogP contribution in [0.4, 0.5) is 5.69 Å². The van der Waals surface area contributed by atoms with Crippen molar-refractivity contribution in [1.29, 1.82) is 0 Å². The van der Waals surface area contributed by atoms with Crippen molar-refractivity contribution in [3.63, 3.8) is 0 Å². The molecule has 1 N–H and O–H groups in total. The molecular formula is C15H19N7. The molecule has 0 saturated carbocycles. The number of nitrogens with one attached hydrogen (secondary N) is 1. The Labute approximate surface area is 129 Å². The summed E-state index contributed by atoms with van der Waals surface area (Å²) < 4.78 is 1.81. The van der Waals surface area contributed by atoms with Crippen LogP contribution in [0.25, 0.3) is 0 Å². The number of tetrazole rings is 1. The van der Waals surface area contributed by atoms with Crippen LogP contribution >= 0.6 is 0 Å². The van der Waals surface area contributed by atoms with Gasteiger partial charge in [0.2, 0.25) is 5.82 Å². The van der Waals surface area contributed by atoms with Crippen LogP contribution in [-0.4, -0.2) is 57.1 Å². The molecule has 2 aromatic rings. The molecule has 4 rings (SSSR count). The van der Waals surface area contributed by atoms with Gasteiger partial charge in [0.25, 0.3) is 0 Å². The van der Waals surface area contributed by atoms with Gasteiger partial charge in [-0.3, -0.25) is 0 Å². The summed E-state index contributed by atoms with van der Waals surface area (Å²) in [7, 11) is 2.16. The second-order valence-corrected chi connectivity index (χ2v) is 5.97. The zero-order valence-corrected chi connectivity index (χ0v) is 12.6. The molecule has 1 saturated heterocycles.